The van der Waals surface area contributed by atoms with Crippen LogP contribution < -0.4 is 11.1 Å². The van der Waals surface area contributed by atoms with E-state index in [0.29, 0.717) is 12.0 Å². The van der Waals surface area contributed by atoms with E-state index in [4.69, 9.17) is 5.73 Å². The van der Waals surface area contributed by atoms with Crippen LogP contribution in [0.3, 0.4) is 0 Å². The van der Waals surface area contributed by atoms with Crippen molar-refractivity contribution in [3.63, 3.8) is 0 Å². The zero-order valence-corrected chi connectivity index (χ0v) is 12.0. The lowest BCUT2D eigenvalue weighted by Gasteiger charge is -2.25. The second-order valence-corrected chi connectivity index (χ2v) is 5.12. The highest BCUT2D eigenvalue weighted by Gasteiger charge is 2.15. The number of hydrogen-bond acceptors (Lipinski definition) is 3. The van der Waals surface area contributed by atoms with Crippen molar-refractivity contribution in [2.75, 3.05) is 11.1 Å². The number of aromatic nitrogens is 1. The fourth-order valence-corrected chi connectivity index (χ4v) is 2.66. The number of nitrogens with one attached hydrogen (secondary N) is 1. The molecule has 19 heavy (non-hydrogen) atoms. The number of hydrogen-bond donors (Lipinski definition) is 2. The Hall–Kier alpha value is -1.77. The quantitative estimate of drug-likeness (QED) is 0.849. The van der Waals surface area contributed by atoms with Crippen molar-refractivity contribution in [2.24, 2.45) is 5.92 Å². The van der Waals surface area contributed by atoms with Gasteiger partial charge in [-0.1, -0.05) is 44.9 Å². The Balaban J connectivity index is 2.36. The van der Waals surface area contributed by atoms with Gasteiger partial charge >= 0.3 is 0 Å². The Morgan fingerprint density at radius 2 is 1.89 bits per heavy atom. The maximum absolute atomic E-state index is 6.09. The van der Waals surface area contributed by atoms with Gasteiger partial charge in [0.1, 0.15) is 0 Å². The maximum Gasteiger partial charge on any atom is 0.0743 e. The normalized spacial score (nSPS) is 12.8. The molecule has 3 nitrogen and oxygen atoms in total. The van der Waals surface area contributed by atoms with E-state index in [-0.39, 0.29) is 0 Å². The van der Waals surface area contributed by atoms with Gasteiger partial charge in [-0.3, -0.25) is 4.98 Å². The third-order valence-corrected chi connectivity index (χ3v) is 3.93. The maximum atomic E-state index is 6.09. The Labute approximate surface area is 115 Å². The molecule has 102 valence electrons. The summed E-state index contributed by atoms with van der Waals surface area (Å²) in [4.78, 5) is 4.37. The van der Waals surface area contributed by atoms with Crippen molar-refractivity contribution < 1.29 is 0 Å². The number of fused-ring (bicyclic) bond motifs is 1. The lowest BCUT2D eigenvalue weighted by atomic mass is 9.95. The van der Waals surface area contributed by atoms with E-state index in [9.17, 15) is 0 Å². The molecular formula is C16H23N3. The summed E-state index contributed by atoms with van der Waals surface area (Å²) in [5, 5.41) is 4.69. The highest BCUT2D eigenvalue weighted by molar-refractivity contribution is 5.96. The lowest BCUT2D eigenvalue weighted by molar-refractivity contribution is 0.438. The van der Waals surface area contributed by atoms with Gasteiger partial charge in [-0.2, -0.15) is 0 Å². The van der Waals surface area contributed by atoms with Crippen LogP contribution in [0.15, 0.2) is 30.5 Å². The van der Waals surface area contributed by atoms with E-state index in [0.717, 1.165) is 22.3 Å². The summed E-state index contributed by atoms with van der Waals surface area (Å²) in [5.74, 6) is 0.659. The molecule has 3 N–H and O–H groups in total. The number of para-hydroxylation sites is 1. The molecule has 3 heteroatoms. The zero-order chi connectivity index (χ0) is 13.8. The highest BCUT2D eigenvalue weighted by Crippen LogP contribution is 2.29. The minimum atomic E-state index is 0.406. The molecule has 1 heterocycles. The van der Waals surface area contributed by atoms with Crippen molar-refractivity contribution >= 4 is 22.3 Å². The van der Waals surface area contributed by atoms with E-state index in [1.807, 2.05) is 18.2 Å². The Morgan fingerprint density at radius 1 is 1.21 bits per heavy atom. The second-order valence-electron chi connectivity index (χ2n) is 5.12. The summed E-state index contributed by atoms with van der Waals surface area (Å²) in [7, 11) is 0. The predicted octanol–water partition coefficient (Wildman–Crippen LogP) is 4.05. The number of anilines is 2. The Bertz CT molecular complexity index is 547. The van der Waals surface area contributed by atoms with Gasteiger partial charge < -0.3 is 11.1 Å². The molecule has 0 bridgehead atoms. The first-order chi connectivity index (χ1) is 9.17. The molecule has 1 aromatic carbocycles. The number of rotatable bonds is 5. The summed E-state index contributed by atoms with van der Waals surface area (Å²) in [6, 6.07) is 8.52. The molecule has 0 fully saturated rings. The first kappa shape index (κ1) is 13.7. The van der Waals surface area contributed by atoms with Gasteiger partial charge in [-0.25, -0.2) is 0 Å². The fourth-order valence-electron chi connectivity index (χ4n) is 2.66. The van der Waals surface area contributed by atoms with E-state index in [1.165, 1.54) is 12.8 Å². The van der Waals surface area contributed by atoms with Gasteiger partial charge in [0.2, 0.25) is 0 Å². The smallest absolute Gasteiger partial charge is 0.0743 e. The molecule has 1 unspecified atom stereocenters. The minimum absolute atomic E-state index is 0.406. The Morgan fingerprint density at radius 3 is 2.58 bits per heavy atom. The van der Waals surface area contributed by atoms with E-state index < -0.39 is 0 Å². The van der Waals surface area contributed by atoms with Gasteiger partial charge in [0.05, 0.1) is 23.1 Å². The van der Waals surface area contributed by atoms with Crippen LogP contribution in [0.25, 0.3) is 10.9 Å². The number of pyridine rings is 1. The number of nitrogens with two attached hydrogens (primary N) is 1. The van der Waals surface area contributed by atoms with Crippen LogP contribution in [-0.2, 0) is 0 Å². The minimum Gasteiger partial charge on any atom is -0.396 e. The Kier molecular flexibility index (Phi) is 4.25. The molecule has 2 rings (SSSR count). The summed E-state index contributed by atoms with van der Waals surface area (Å²) in [5.41, 5.74) is 8.81. The van der Waals surface area contributed by atoms with Crippen molar-refractivity contribution in [3.8, 4) is 0 Å². The van der Waals surface area contributed by atoms with Crippen LogP contribution in [-0.4, -0.2) is 11.0 Å². The van der Waals surface area contributed by atoms with Crippen molar-refractivity contribution in [2.45, 2.75) is 39.7 Å². The first-order valence-corrected chi connectivity index (χ1v) is 7.07. The topological polar surface area (TPSA) is 50.9 Å². The third-order valence-electron chi connectivity index (χ3n) is 3.93. The SMILES string of the molecule is CCC(CC)C(C)Nc1c(N)cnc2ccccc12. The van der Waals surface area contributed by atoms with Crippen molar-refractivity contribution in [1.29, 1.82) is 0 Å². The number of nitrogen functional groups attached to an aromatic ring is 1. The monoisotopic (exact) mass is 257 g/mol. The van der Waals surface area contributed by atoms with Crippen molar-refractivity contribution in [1.82, 2.24) is 4.98 Å². The average molecular weight is 257 g/mol. The number of nitrogens with zero attached hydrogens (tertiary/aromatic N) is 1. The molecular weight excluding hydrogens is 234 g/mol. The van der Waals surface area contributed by atoms with Crippen LogP contribution >= 0.6 is 0 Å². The average Bonchev–Trinajstić information content (AvgIpc) is 2.43. The molecule has 0 saturated carbocycles. The lowest BCUT2D eigenvalue weighted by Crippen LogP contribution is -2.25. The van der Waals surface area contributed by atoms with Gasteiger partial charge in [-0.05, 0) is 18.9 Å². The van der Waals surface area contributed by atoms with Crippen LogP contribution in [0, 0.1) is 5.92 Å². The highest BCUT2D eigenvalue weighted by atomic mass is 14.9. The molecule has 0 spiro atoms. The molecule has 2 aromatic rings. The third kappa shape index (κ3) is 2.80. The van der Waals surface area contributed by atoms with Gasteiger partial charge in [0, 0.05) is 11.4 Å². The van der Waals surface area contributed by atoms with E-state index in [2.05, 4.69) is 37.1 Å². The van der Waals surface area contributed by atoms with Gasteiger partial charge in [0.15, 0.2) is 0 Å². The molecule has 1 atom stereocenters. The second kappa shape index (κ2) is 5.91. The molecule has 0 radical (unpaired) electrons. The molecule has 0 saturated heterocycles. The molecule has 0 aliphatic heterocycles. The summed E-state index contributed by atoms with van der Waals surface area (Å²) < 4.78 is 0. The standard InChI is InChI=1S/C16H23N3/c1-4-12(5-2)11(3)19-16-13-8-6-7-9-15(13)18-10-14(16)17/h6-12H,4-5,17H2,1-3H3,(H,18,19). The largest absolute Gasteiger partial charge is 0.396 e. The van der Waals surface area contributed by atoms with Crippen LogP contribution in [0.1, 0.15) is 33.6 Å². The summed E-state index contributed by atoms with van der Waals surface area (Å²) in [6.45, 7) is 6.70. The molecule has 1 aromatic heterocycles. The molecule has 0 amide bonds. The van der Waals surface area contributed by atoms with Crippen LogP contribution in [0.2, 0.25) is 0 Å². The summed E-state index contributed by atoms with van der Waals surface area (Å²) >= 11 is 0. The first-order valence-electron chi connectivity index (χ1n) is 7.07. The van der Waals surface area contributed by atoms with Gasteiger partial charge in [-0.15, -0.1) is 0 Å². The summed E-state index contributed by atoms with van der Waals surface area (Å²) in [6.07, 6.45) is 4.09. The van der Waals surface area contributed by atoms with Crippen LogP contribution in [0.4, 0.5) is 11.4 Å². The van der Waals surface area contributed by atoms with E-state index >= 15 is 0 Å². The molecule has 0 aliphatic rings. The zero-order valence-electron chi connectivity index (χ0n) is 12.0. The van der Waals surface area contributed by atoms with Crippen molar-refractivity contribution in [3.05, 3.63) is 30.5 Å². The predicted molar refractivity (Wildman–Crippen MR) is 83.3 cm³/mol. The fraction of sp³-hybridized carbons (Fsp3) is 0.438. The van der Waals surface area contributed by atoms with Crippen LogP contribution in [0.5, 0.6) is 0 Å². The number of benzene rings is 1. The molecule has 0 aliphatic carbocycles. The van der Waals surface area contributed by atoms with Gasteiger partial charge in [0.25, 0.3) is 0 Å². The van der Waals surface area contributed by atoms with E-state index in [1.54, 1.807) is 6.20 Å².